The van der Waals surface area contributed by atoms with E-state index >= 15 is 0 Å². The molecule has 1 atom stereocenters. The lowest BCUT2D eigenvalue weighted by Crippen LogP contribution is -2.50. The molecule has 0 fully saturated rings. The predicted molar refractivity (Wildman–Crippen MR) is 79.8 cm³/mol. The average Bonchev–Trinajstić information content (AvgIpc) is 2.45. The maximum atomic E-state index is 12.4. The number of rotatable bonds is 11. The molecule has 0 aromatic carbocycles. The van der Waals surface area contributed by atoms with Gasteiger partial charge in [-0.25, -0.2) is 0 Å². The molecule has 0 aliphatic rings. The fraction of sp³-hybridized carbons (Fsp3) is 0.846. The Hall–Kier alpha value is -1.18. The quantitative estimate of drug-likeness (QED) is 0.353. The molecule has 0 saturated carbocycles. The monoisotopic (exact) mass is 287 g/mol. The molecule has 0 heterocycles. The number of amides is 2. The highest BCUT2D eigenvalue weighted by Gasteiger charge is 2.24. The van der Waals surface area contributed by atoms with Gasteiger partial charge in [-0.15, -0.1) is 0 Å². The number of carbonyl (C=O) groups is 2. The Morgan fingerprint density at radius 3 is 2.10 bits per heavy atom. The van der Waals surface area contributed by atoms with Crippen molar-refractivity contribution in [2.75, 3.05) is 32.7 Å². The smallest absolute Gasteiger partial charge is 0.245 e. The Morgan fingerprint density at radius 1 is 1.05 bits per heavy atom. The zero-order valence-corrected chi connectivity index (χ0v) is 12.4. The number of nitrogens with two attached hydrogens (primary N) is 3. The van der Waals surface area contributed by atoms with E-state index in [1.165, 1.54) is 0 Å². The lowest BCUT2D eigenvalue weighted by Gasteiger charge is -2.27. The van der Waals surface area contributed by atoms with E-state index in [4.69, 9.17) is 17.2 Å². The van der Waals surface area contributed by atoms with Gasteiger partial charge < -0.3 is 27.4 Å². The molecule has 0 aromatic heterocycles. The Kier molecular flexibility index (Phi) is 10.9. The van der Waals surface area contributed by atoms with E-state index in [1.807, 2.05) is 0 Å². The predicted octanol–water partition coefficient (Wildman–Crippen LogP) is -1.24. The first kappa shape index (κ1) is 18.8. The van der Waals surface area contributed by atoms with Gasteiger partial charge in [0.2, 0.25) is 11.8 Å². The third kappa shape index (κ3) is 7.42. The second-order valence-corrected chi connectivity index (χ2v) is 4.66. The standard InChI is InChI=1S/C13H29N5O2/c1-2-12(19)17-11(5-3-4-6-14)13(20)18(9-7-15)10-8-16/h11H,2-10,14-16H2,1H3,(H,17,19). The normalized spacial score (nSPS) is 12.0. The fourth-order valence-electron chi connectivity index (χ4n) is 1.91. The molecule has 20 heavy (non-hydrogen) atoms. The zero-order valence-electron chi connectivity index (χ0n) is 12.4. The summed E-state index contributed by atoms with van der Waals surface area (Å²) in [5.41, 5.74) is 16.5. The van der Waals surface area contributed by atoms with Gasteiger partial charge in [0.05, 0.1) is 0 Å². The fourth-order valence-corrected chi connectivity index (χ4v) is 1.91. The van der Waals surface area contributed by atoms with Gasteiger partial charge in [-0.1, -0.05) is 6.92 Å². The largest absolute Gasteiger partial charge is 0.344 e. The number of nitrogens with one attached hydrogen (secondary N) is 1. The number of carbonyl (C=O) groups excluding carboxylic acids is 2. The summed E-state index contributed by atoms with van der Waals surface area (Å²) in [6.45, 7) is 4.00. The van der Waals surface area contributed by atoms with Gasteiger partial charge in [0.15, 0.2) is 0 Å². The van der Waals surface area contributed by atoms with Gasteiger partial charge in [0.25, 0.3) is 0 Å². The summed E-state index contributed by atoms with van der Waals surface area (Å²) in [5, 5.41) is 2.77. The van der Waals surface area contributed by atoms with Crippen LogP contribution >= 0.6 is 0 Å². The highest BCUT2D eigenvalue weighted by Crippen LogP contribution is 2.05. The Morgan fingerprint density at radius 2 is 1.65 bits per heavy atom. The first-order chi connectivity index (χ1) is 9.60. The maximum Gasteiger partial charge on any atom is 0.245 e. The van der Waals surface area contributed by atoms with Crippen LogP contribution in [0.25, 0.3) is 0 Å². The first-order valence-corrected chi connectivity index (χ1v) is 7.29. The summed E-state index contributed by atoms with van der Waals surface area (Å²) in [7, 11) is 0. The molecule has 0 bridgehead atoms. The van der Waals surface area contributed by atoms with Gasteiger partial charge in [-0.3, -0.25) is 9.59 Å². The van der Waals surface area contributed by atoms with Gasteiger partial charge in [0, 0.05) is 32.6 Å². The van der Waals surface area contributed by atoms with Gasteiger partial charge >= 0.3 is 0 Å². The Labute approximate surface area is 121 Å². The SMILES string of the molecule is CCC(=O)NC(CCCCN)C(=O)N(CCN)CCN. The lowest BCUT2D eigenvalue weighted by atomic mass is 10.1. The minimum Gasteiger partial charge on any atom is -0.344 e. The molecule has 1 unspecified atom stereocenters. The number of nitrogens with zero attached hydrogens (tertiary/aromatic N) is 1. The van der Waals surface area contributed by atoms with Crippen LogP contribution in [0.2, 0.25) is 0 Å². The van der Waals surface area contributed by atoms with Crippen molar-refractivity contribution in [2.45, 2.75) is 38.6 Å². The van der Waals surface area contributed by atoms with Crippen molar-refractivity contribution >= 4 is 11.8 Å². The Balaban J connectivity index is 4.67. The van der Waals surface area contributed by atoms with Gasteiger partial charge in [-0.2, -0.15) is 0 Å². The summed E-state index contributed by atoms with van der Waals surface area (Å²) in [6, 6.07) is -0.507. The average molecular weight is 287 g/mol. The molecular formula is C13H29N5O2. The molecule has 0 aromatic rings. The van der Waals surface area contributed by atoms with Crippen LogP contribution in [0.1, 0.15) is 32.6 Å². The van der Waals surface area contributed by atoms with Crippen molar-refractivity contribution < 1.29 is 9.59 Å². The van der Waals surface area contributed by atoms with E-state index < -0.39 is 6.04 Å². The minimum absolute atomic E-state index is 0.111. The highest BCUT2D eigenvalue weighted by atomic mass is 16.2. The summed E-state index contributed by atoms with van der Waals surface area (Å²) in [6.07, 6.45) is 2.58. The molecular weight excluding hydrogens is 258 g/mol. The van der Waals surface area contributed by atoms with Crippen LogP contribution in [0.15, 0.2) is 0 Å². The summed E-state index contributed by atoms with van der Waals surface area (Å²) < 4.78 is 0. The molecule has 7 nitrogen and oxygen atoms in total. The van der Waals surface area contributed by atoms with Crippen LogP contribution in [0.5, 0.6) is 0 Å². The third-order valence-electron chi connectivity index (χ3n) is 3.01. The second kappa shape index (κ2) is 11.6. The molecule has 0 rings (SSSR count). The van der Waals surface area contributed by atoms with E-state index in [2.05, 4.69) is 5.32 Å². The van der Waals surface area contributed by atoms with Crippen molar-refractivity contribution in [1.82, 2.24) is 10.2 Å². The summed E-state index contributed by atoms with van der Waals surface area (Å²) in [4.78, 5) is 25.6. The molecule has 0 saturated heterocycles. The molecule has 7 N–H and O–H groups in total. The van der Waals surface area contributed by atoms with Crippen LogP contribution in [0.4, 0.5) is 0 Å². The van der Waals surface area contributed by atoms with Crippen LogP contribution in [0, 0.1) is 0 Å². The van der Waals surface area contributed by atoms with E-state index in [0.29, 0.717) is 45.6 Å². The molecule has 0 aliphatic heterocycles. The molecule has 0 spiro atoms. The number of unbranched alkanes of at least 4 members (excludes halogenated alkanes) is 1. The van der Waals surface area contributed by atoms with Crippen LogP contribution < -0.4 is 22.5 Å². The summed E-state index contributed by atoms with van der Waals surface area (Å²) >= 11 is 0. The highest BCUT2D eigenvalue weighted by molar-refractivity contribution is 5.87. The molecule has 7 heteroatoms. The van der Waals surface area contributed by atoms with Crippen LogP contribution in [-0.4, -0.2) is 55.5 Å². The lowest BCUT2D eigenvalue weighted by molar-refractivity contribution is -0.136. The second-order valence-electron chi connectivity index (χ2n) is 4.66. The van der Waals surface area contributed by atoms with Gasteiger partial charge in [0.1, 0.15) is 6.04 Å². The zero-order chi connectivity index (χ0) is 15.4. The van der Waals surface area contributed by atoms with E-state index in [1.54, 1.807) is 11.8 Å². The first-order valence-electron chi connectivity index (χ1n) is 7.29. The summed E-state index contributed by atoms with van der Waals surface area (Å²) in [5.74, 6) is -0.240. The van der Waals surface area contributed by atoms with Crippen LogP contribution in [0.3, 0.4) is 0 Å². The number of hydrogen-bond acceptors (Lipinski definition) is 5. The molecule has 2 amide bonds. The van der Waals surface area contributed by atoms with E-state index in [-0.39, 0.29) is 11.8 Å². The molecule has 0 radical (unpaired) electrons. The van der Waals surface area contributed by atoms with Crippen molar-refractivity contribution in [3.63, 3.8) is 0 Å². The van der Waals surface area contributed by atoms with Crippen LogP contribution in [-0.2, 0) is 9.59 Å². The van der Waals surface area contributed by atoms with Crippen molar-refractivity contribution in [3.05, 3.63) is 0 Å². The maximum absolute atomic E-state index is 12.4. The van der Waals surface area contributed by atoms with Gasteiger partial charge in [-0.05, 0) is 25.8 Å². The third-order valence-corrected chi connectivity index (χ3v) is 3.01. The van der Waals surface area contributed by atoms with E-state index in [0.717, 1.165) is 12.8 Å². The topological polar surface area (TPSA) is 127 Å². The molecule has 118 valence electrons. The number of hydrogen-bond donors (Lipinski definition) is 4. The van der Waals surface area contributed by atoms with Crippen molar-refractivity contribution in [2.24, 2.45) is 17.2 Å². The van der Waals surface area contributed by atoms with Crippen molar-refractivity contribution in [1.29, 1.82) is 0 Å². The van der Waals surface area contributed by atoms with Crippen molar-refractivity contribution in [3.8, 4) is 0 Å². The minimum atomic E-state index is -0.507. The van der Waals surface area contributed by atoms with E-state index in [9.17, 15) is 9.59 Å². The Bertz CT molecular complexity index is 280. The molecule has 0 aliphatic carbocycles.